The van der Waals surface area contributed by atoms with Gasteiger partial charge in [0.2, 0.25) is 0 Å². The van der Waals surface area contributed by atoms with Gasteiger partial charge >= 0.3 is 0 Å². The fourth-order valence-electron chi connectivity index (χ4n) is 2.89. The Morgan fingerprint density at radius 3 is 3.11 bits per heavy atom. The lowest BCUT2D eigenvalue weighted by molar-refractivity contribution is 0.394. The highest BCUT2D eigenvalue weighted by Crippen LogP contribution is 2.25. The van der Waals surface area contributed by atoms with Crippen molar-refractivity contribution in [3.63, 3.8) is 0 Å². The average molecular weight is 269 g/mol. The fourth-order valence-corrected chi connectivity index (χ4v) is 4.26. The van der Waals surface area contributed by atoms with E-state index >= 15 is 0 Å². The molecule has 2 aliphatic rings. The molecule has 0 saturated carbocycles. The van der Waals surface area contributed by atoms with Crippen LogP contribution in [0.4, 0.5) is 0 Å². The van der Waals surface area contributed by atoms with Crippen molar-refractivity contribution in [1.82, 2.24) is 14.9 Å². The Balaban J connectivity index is 1.89. The standard InChI is InChI=1S/C12H19N3O2S/c1-9-2-4-15-10(6-9)7-14-12(15)11-8-18(16,17)5-3-13-11/h7,9,11,13H,2-6,8H2,1H3. The van der Waals surface area contributed by atoms with Crippen molar-refractivity contribution in [2.45, 2.75) is 32.4 Å². The van der Waals surface area contributed by atoms with Crippen molar-refractivity contribution in [2.75, 3.05) is 18.1 Å². The van der Waals surface area contributed by atoms with Gasteiger partial charge in [-0.2, -0.15) is 0 Å². The SMILES string of the molecule is CC1CCn2c(cnc2C2CS(=O)(=O)CCN2)C1. The van der Waals surface area contributed by atoms with Crippen LogP contribution in [0, 0.1) is 5.92 Å². The molecule has 2 unspecified atom stereocenters. The monoisotopic (exact) mass is 269 g/mol. The first-order valence-corrected chi connectivity index (χ1v) is 8.35. The third-order valence-electron chi connectivity index (χ3n) is 3.91. The van der Waals surface area contributed by atoms with E-state index in [9.17, 15) is 8.42 Å². The summed E-state index contributed by atoms with van der Waals surface area (Å²) in [5, 5.41) is 3.28. The predicted molar refractivity (Wildman–Crippen MR) is 69.1 cm³/mol. The second-order valence-corrected chi connectivity index (χ2v) is 7.71. The molecule has 100 valence electrons. The van der Waals surface area contributed by atoms with Crippen LogP contribution >= 0.6 is 0 Å². The molecule has 0 amide bonds. The quantitative estimate of drug-likeness (QED) is 0.807. The maximum absolute atomic E-state index is 11.7. The zero-order valence-corrected chi connectivity index (χ0v) is 11.4. The summed E-state index contributed by atoms with van der Waals surface area (Å²) in [6.45, 7) is 3.75. The molecule has 3 heterocycles. The van der Waals surface area contributed by atoms with Gasteiger partial charge in [0.25, 0.3) is 0 Å². The first-order valence-electron chi connectivity index (χ1n) is 6.53. The lowest BCUT2D eigenvalue weighted by Gasteiger charge is -2.27. The van der Waals surface area contributed by atoms with Gasteiger partial charge in [-0.25, -0.2) is 13.4 Å². The number of hydrogen-bond acceptors (Lipinski definition) is 4. The third kappa shape index (κ3) is 2.19. The summed E-state index contributed by atoms with van der Waals surface area (Å²) in [6, 6.07) is -0.133. The Bertz CT molecular complexity index is 550. The van der Waals surface area contributed by atoms with Gasteiger partial charge in [0.05, 0.1) is 17.5 Å². The highest BCUT2D eigenvalue weighted by Gasteiger charge is 2.30. The molecule has 0 bridgehead atoms. The van der Waals surface area contributed by atoms with Crippen LogP contribution in [0.3, 0.4) is 0 Å². The zero-order valence-electron chi connectivity index (χ0n) is 10.6. The van der Waals surface area contributed by atoms with E-state index in [2.05, 4.69) is 21.8 Å². The molecule has 1 aromatic rings. The van der Waals surface area contributed by atoms with E-state index < -0.39 is 9.84 Å². The van der Waals surface area contributed by atoms with Gasteiger partial charge in [-0.15, -0.1) is 0 Å². The highest BCUT2D eigenvalue weighted by atomic mass is 32.2. The van der Waals surface area contributed by atoms with Crippen LogP contribution in [-0.2, 0) is 22.8 Å². The van der Waals surface area contributed by atoms with Crippen LogP contribution in [-0.4, -0.2) is 36.0 Å². The maximum atomic E-state index is 11.7. The molecule has 0 aliphatic carbocycles. The number of hydrogen-bond donors (Lipinski definition) is 1. The molecule has 2 atom stereocenters. The minimum atomic E-state index is -2.91. The van der Waals surface area contributed by atoms with Crippen molar-refractivity contribution in [3.05, 3.63) is 17.7 Å². The Morgan fingerprint density at radius 2 is 2.33 bits per heavy atom. The molecule has 1 aromatic heterocycles. The molecule has 5 nitrogen and oxygen atoms in total. The fraction of sp³-hybridized carbons (Fsp3) is 0.750. The number of nitrogens with zero attached hydrogens (tertiary/aromatic N) is 2. The predicted octanol–water partition coefficient (Wildman–Crippen LogP) is 0.524. The van der Waals surface area contributed by atoms with Crippen molar-refractivity contribution in [2.24, 2.45) is 5.92 Å². The first-order chi connectivity index (χ1) is 8.55. The van der Waals surface area contributed by atoms with Gasteiger partial charge in [0.1, 0.15) is 5.82 Å². The van der Waals surface area contributed by atoms with Crippen molar-refractivity contribution in [3.8, 4) is 0 Å². The zero-order chi connectivity index (χ0) is 12.8. The van der Waals surface area contributed by atoms with Crippen LogP contribution < -0.4 is 5.32 Å². The highest BCUT2D eigenvalue weighted by molar-refractivity contribution is 7.91. The van der Waals surface area contributed by atoms with E-state index in [1.54, 1.807) is 0 Å². The third-order valence-corrected chi connectivity index (χ3v) is 5.58. The Kier molecular flexibility index (Phi) is 2.94. The van der Waals surface area contributed by atoms with Gasteiger partial charge < -0.3 is 9.88 Å². The lowest BCUT2D eigenvalue weighted by Crippen LogP contribution is -2.40. The number of aromatic nitrogens is 2. The summed E-state index contributed by atoms with van der Waals surface area (Å²) in [4.78, 5) is 4.46. The molecule has 18 heavy (non-hydrogen) atoms. The Hall–Kier alpha value is -0.880. The average Bonchev–Trinajstić information content (AvgIpc) is 2.70. The Labute approximate surface area is 108 Å². The normalized spacial score (nSPS) is 30.9. The molecule has 1 fully saturated rings. The van der Waals surface area contributed by atoms with Crippen LogP contribution in [0.15, 0.2) is 6.20 Å². The molecule has 6 heteroatoms. The first kappa shape index (κ1) is 12.2. The van der Waals surface area contributed by atoms with Gasteiger partial charge in [-0.05, 0) is 18.8 Å². The number of nitrogens with one attached hydrogen (secondary N) is 1. The van der Waals surface area contributed by atoms with Gasteiger partial charge in [0, 0.05) is 25.0 Å². The molecule has 0 spiro atoms. The van der Waals surface area contributed by atoms with E-state index in [1.165, 1.54) is 5.69 Å². The molecular formula is C12H19N3O2S. The smallest absolute Gasteiger partial charge is 0.153 e. The molecule has 1 saturated heterocycles. The van der Waals surface area contributed by atoms with Crippen LogP contribution in [0.25, 0.3) is 0 Å². The van der Waals surface area contributed by atoms with Gasteiger partial charge in [-0.3, -0.25) is 0 Å². The summed E-state index contributed by atoms with van der Waals surface area (Å²) >= 11 is 0. The lowest BCUT2D eigenvalue weighted by atomic mass is 9.98. The van der Waals surface area contributed by atoms with E-state index in [-0.39, 0.29) is 17.5 Å². The maximum Gasteiger partial charge on any atom is 0.153 e. The molecule has 2 aliphatic heterocycles. The van der Waals surface area contributed by atoms with Crippen LogP contribution in [0.1, 0.15) is 30.9 Å². The topological polar surface area (TPSA) is 64.0 Å². The molecule has 1 N–H and O–H groups in total. The second-order valence-electron chi connectivity index (χ2n) is 5.48. The number of sulfone groups is 1. The van der Waals surface area contributed by atoms with Crippen LogP contribution in [0.5, 0.6) is 0 Å². The van der Waals surface area contributed by atoms with E-state index in [1.807, 2.05) is 6.20 Å². The van der Waals surface area contributed by atoms with Crippen molar-refractivity contribution in [1.29, 1.82) is 0 Å². The summed E-state index contributed by atoms with van der Waals surface area (Å²) in [5.41, 5.74) is 1.24. The Morgan fingerprint density at radius 1 is 1.50 bits per heavy atom. The molecule has 0 aromatic carbocycles. The van der Waals surface area contributed by atoms with Crippen molar-refractivity contribution >= 4 is 9.84 Å². The number of imidazole rings is 1. The number of rotatable bonds is 1. The summed E-state index contributed by atoms with van der Waals surface area (Å²) in [7, 11) is -2.91. The van der Waals surface area contributed by atoms with E-state index in [0.29, 0.717) is 12.5 Å². The minimum absolute atomic E-state index is 0.133. The number of fused-ring (bicyclic) bond motifs is 1. The van der Waals surface area contributed by atoms with Crippen molar-refractivity contribution < 1.29 is 8.42 Å². The summed E-state index contributed by atoms with van der Waals surface area (Å²) < 4.78 is 25.6. The molecular weight excluding hydrogens is 250 g/mol. The molecule has 0 radical (unpaired) electrons. The van der Waals surface area contributed by atoms with E-state index in [4.69, 9.17) is 0 Å². The largest absolute Gasteiger partial charge is 0.331 e. The minimum Gasteiger partial charge on any atom is -0.331 e. The van der Waals surface area contributed by atoms with Crippen LogP contribution in [0.2, 0.25) is 0 Å². The van der Waals surface area contributed by atoms with Gasteiger partial charge in [0.15, 0.2) is 9.84 Å². The van der Waals surface area contributed by atoms with E-state index in [0.717, 1.165) is 25.2 Å². The second kappa shape index (κ2) is 4.35. The van der Waals surface area contributed by atoms with Gasteiger partial charge in [-0.1, -0.05) is 6.92 Å². The summed E-state index contributed by atoms with van der Waals surface area (Å²) in [5.74, 6) is 2.03. The molecule has 3 rings (SSSR count). The summed E-state index contributed by atoms with van der Waals surface area (Å²) in [6.07, 6.45) is 4.11.